The van der Waals surface area contributed by atoms with Crippen LogP contribution >= 0.6 is 0 Å². The van der Waals surface area contributed by atoms with Crippen molar-refractivity contribution in [2.45, 2.75) is 46.1 Å². The predicted octanol–water partition coefficient (Wildman–Crippen LogP) is 4.01. The van der Waals surface area contributed by atoms with Crippen LogP contribution in [0.5, 0.6) is 0 Å². The Bertz CT molecular complexity index is 613. The molecule has 2 rings (SSSR count). The molecule has 6 heteroatoms. The minimum Gasteiger partial charge on any atom is -0.465 e. The molecular formula is C17H24N2O4. The molecule has 1 aromatic carbocycles. The second kappa shape index (κ2) is 6.56. The summed E-state index contributed by atoms with van der Waals surface area (Å²) in [5.74, 6) is 0.0550. The number of carbonyl (C=O) groups is 1. The third-order valence-corrected chi connectivity index (χ3v) is 4.36. The van der Waals surface area contributed by atoms with E-state index in [2.05, 4.69) is 26.1 Å². The largest absolute Gasteiger partial charge is 0.465 e. The van der Waals surface area contributed by atoms with E-state index in [0.29, 0.717) is 17.2 Å². The van der Waals surface area contributed by atoms with E-state index in [0.717, 1.165) is 19.3 Å². The first-order valence-electron chi connectivity index (χ1n) is 7.85. The molecule has 1 N–H and O–H groups in total. The smallest absolute Gasteiger partial charge is 0.337 e. The average molecular weight is 320 g/mol. The van der Waals surface area contributed by atoms with Gasteiger partial charge >= 0.3 is 5.97 Å². The standard InChI is InChI=1S/C17H24N2O4/c1-11-7-13(10-17(2,3)9-11)18-14-8-12(16(20)23-4)5-6-15(14)19(21)22/h5-6,8,11,13,18H,7,9-10H2,1-4H3/t11-,13-/m1/s1. The van der Waals surface area contributed by atoms with Crippen LogP contribution in [0.4, 0.5) is 11.4 Å². The number of hydrogen-bond donors (Lipinski definition) is 1. The molecule has 0 amide bonds. The van der Waals surface area contributed by atoms with E-state index in [1.54, 1.807) is 0 Å². The molecule has 0 radical (unpaired) electrons. The number of benzene rings is 1. The fraction of sp³-hybridized carbons (Fsp3) is 0.588. The Morgan fingerprint density at radius 3 is 2.65 bits per heavy atom. The molecule has 1 fully saturated rings. The number of anilines is 1. The van der Waals surface area contributed by atoms with E-state index in [9.17, 15) is 14.9 Å². The second-order valence-electron chi connectivity index (χ2n) is 7.24. The Balaban J connectivity index is 2.29. The minimum absolute atomic E-state index is 0.0197. The number of methoxy groups -OCH3 is 1. The maximum absolute atomic E-state index is 11.7. The molecule has 1 aliphatic carbocycles. The van der Waals surface area contributed by atoms with Crippen LogP contribution in [-0.4, -0.2) is 24.0 Å². The Morgan fingerprint density at radius 2 is 2.09 bits per heavy atom. The highest BCUT2D eigenvalue weighted by Crippen LogP contribution is 2.40. The maximum atomic E-state index is 11.7. The monoisotopic (exact) mass is 320 g/mol. The lowest BCUT2D eigenvalue weighted by molar-refractivity contribution is -0.384. The van der Waals surface area contributed by atoms with Crippen molar-refractivity contribution in [2.75, 3.05) is 12.4 Å². The summed E-state index contributed by atoms with van der Waals surface area (Å²) in [7, 11) is 1.29. The van der Waals surface area contributed by atoms with Crippen molar-refractivity contribution in [1.82, 2.24) is 0 Å². The highest BCUT2D eigenvalue weighted by molar-refractivity contribution is 5.91. The summed E-state index contributed by atoms with van der Waals surface area (Å²) in [5.41, 5.74) is 0.870. The van der Waals surface area contributed by atoms with Crippen molar-refractivity contribution >= 4 is 17.3 Å². The van der Waals surface area contributed by atoms with E-state index in [4.69, 9.17) is 4.74 Å². The number of carbonyl (C=O) groups excluding carboxylic acids is 1. The summed E-state index contributed by atoms with van der Waals surface area (Å²) in [5, 5.41) is 14.5. The molecule has 1 aliphatic rings. The number of rotatable bonds is 4. The molecule has 0 unspecified atom stereocenters. The van der Waals surface area contributed by atoms with Crippen LogP contribution < -0.4 is 5.32 Å². The van der Waals surface area contributed by atoms with E-state index in [1.165, 1.54) is 25.3 Å². The Labute approximate surface area is 136 Å². The number of nitro benzene ring substituents is 1. The third-order valence-electron chi connectivity index (χ3n) is 4.36. The van der Waals surface area contributed by atoms with Crippen LogP contribution in [0.3, 0.4) is 0 Å². The van der Waals surface area contributed by atoms with Crippen LogP contribution in [0.25, 0.3) is 0 Å². The molecule has 0 saturated heterocycles. The van der Waals surface area contributed by atoms with Crippen molar-refractivity contribution in [3.05, 3.63) is 33.9 Å². The van der Waals surface area contributed by atoms with Gasteiger partial charge in [-0.05, 0) is 42.7 Å². The first-order chi connectivity index (χ1) is 10.7. The summed E-state index contributed by atoms with van der Waals surface area (Å²) in [6, 6.07) is 4.44. The summed E-state index contributed by atoms with van der Waals surface area (Å²) in [6.45, 7) is 6.64. The molecule has 0 aromatic heterocycles. The fourth-order valence-electron chi connectivity index (χ4n) is 3.73. The molecule has 0 aliphatic heterocycles. The zero-order valence-electron chi connectivity index (χ0n) is 14.1. The molecule has 0 bridgehead atoms. The maximum Gasteiger partial charge on any atom is 0.337 e. The van der Waals surface area contributed by atoms with E-state index in [-0.39, 0.29) is 17.1 Å². The average Bonchev–Trinajstić information content (AvgIpc) is 2.43. The molecule has 23 heavy (non-hydrogen) atoms. The summed E-state index contributed by atoms with van der Waals surface area (Å²) >= 11 is 0. The minimum atomic E-state index is -0.500. The van der Waals surface area contributed by atoms with Crippen molar-refractivity contribution in [2.24, 2.45) is 11.3 Å². The molecule has 1 saturated carbocycles. The lowest BCUT2D eigenvalue weighted by atomic mass is 9.70. The van der Waals surface area contributed by atoms with Gasteiger partial charge in [0.05, 0.1) is 17.6 Å². The lowest BCUT2D eigenvalue weighted by Gasteiger charge is -2.39. The van der Waals surface area contributed by atoms with Gasteiger partial charge < -0.3 is 10.1 Å². The highest BCUT2D eigenvalue weighted by Gasteiger charge is 2.33. The van der Waals surface area contributed by atoms with E-state index < -0.39 is 10.9 Å². The fourth-order valence-corrected chi connectivity index (χ4v) is 3.73. The first kappa shape index (κ1) is 17.2. The van der Waals surface area contributed by atoms with E-state index >= 15 is 0 Å². The van der Waals surface area contributed by atoms with Gasteiger partial charge in [-0.1, -0.05) is 20.8 Å². The Kier molecular flexibility index (Phi) is 4.92. The predicted molar refractivity (Wildman–Crippen MR) is 88.6 cm³/mol. The van der Waals surface area contributed by atoms with Gasteiger partial charge in [-0.15, -0.1) is 0 Å². The molecule has 0 spiro atoms. The van der Waals surface area contributed by atoms with E-state index in [1.807, 2.05) is 0 Å². The van der Waals surface area contributed by atoms with Gasteiger partial charge in [-0.25, -0.2) is 4.79 Å². The zero-order chi connectivity index (χ0) is 17.2. The summed E-state index contributed by atoms with van der Waals surface area (Å²) < 4.78 is 4.70. The summed E-state index contributed by atoms with van der Waals surface area (Å²) in [6.07, 6.45) is 3.05. The first-order valence-corrected chi connectivity index (χ1v) is 7.85. The number of esters is 1. The summed E-state index contributed by atoms with van der Waals surface area (Å²) in [4.78, 5) is 22.5. The molecule has 2 atom stereocenters. The molecule has 1 aromatic rings. The van der Waals surface area contributed by atoms with Gasteiger partial charge in [0.15, 0.2) is 0 Å². The lowest BCUT2D eigenvalue weighted by Crippen LogP contribution is -2.35. The van der Waals surface area contributed by atoms with Crippen LogP contribution in [0, 0.1) is 21.4 Å². The van der Waals surface area contributed by atoms with Crippen LogP contribution in [0.2, 0.25) is 0 Å². The number of ether oxygens (including phenoxy) is 1. The van der Waals surface area contributed by atoms with Crippen LogP contribution in [-0.2, 0) is 4.74 Å². The topological polar surface area (TPSA) is 81.5 Å². The Hall–Kier alpha value is -2.11. The van der Waals surface area contributed by atoms with Gasteiger partial charge in [0, 0.05) is 12.1 Å². The SMILES string of the molecule is COC(=O)c1ccc([N+](=O)[O-])c(N[C@@H]2C[C@@H](C)CC(C)(C)C2)c1. The van der Waals surface area contributed by atoms with Gasteiger partial charge in [0.1, 0.15) is 5.69 Å². The van der Waals surface area contributed by atoms with Crippen LogP contribution in [0.1, 0.15) is 50.4 Å². The van der Waals surface area contributed by atoms with Gasteiger partial charge in [0.2, 0.25) is 0 Å². The van der Waals surface area contributed by atoms with Crippen molar-refractivity contribution < 1.29 is 14.5 Å². The molecule has 126 valence electrons. The van der Waals surface area contributed by atoms with Crippen molar-refractivity contribution in [1.29, 1.82) is 0 Å². The van der Waals surface area contributed by atoms with Crippen molar-refractivity contribution in [3.8, 4) is 0 Å². The normalized spacial score (nSPS) is 23.1. The second-order valence-corrected chi connectivity index (χ2v) is 7.24. The van der Waals surface area contributed by atoms with Crippen LogP contribution in [0.15, 0.2) is 18.2 Å². The third kappa shape index (κ3) is 4.21. The van der Waals surface area contributed by atoms with Crippen molar-refractivity contribution in [3.63, 3.8) is 0 Å². The molecular weight excluding hydrogens is 296 g/mol. The van der Waals surface area contributed by atoms with Gasteiger partial charge in [0.25, 0.3) is 5.69 Å². The zero-order valence-corrected chi connectivity index (χ0v) is 14.1. The Morgan fingerprint density at radius 1 is 1.39 bits per heavy atom. The number of hydrogen-bond acceptors (Lipinski definition) is 5. The quantitative estimate of drug-likeness (QED) is 0.515. The van der Waals surface area contributed by atoms with Gasteiger partial charge in [-0.3, -0.25) is 10.1 Å². The number of nitrogens with one attached hydrogen (secondary N) is 1. The number of nitrogens with zero attached hydrogens (tertiary/aromatic N) is 1. The van der Waals surface area contributed by atoms with Gasteiger partial charge in [-0.2, -0.15) is 0 Å². The number of nitro groups is 1. The molecule has 0 heterocycles. The molecule has 6 nitrogen and oxygen atoms in total. The highest BCUT2D eigenvalue weighted by atomic mass is 16.6.